The number of thioether (sulfide) groups is 1. The Balaban J connectivity index is 2.54. The summed E-state index contributed by atoms with van der Waals surface area (Å²) in [7, 11) is 0.527. The molecule has 21 heavy (non-hydrogen) atoms. The lowest BCUT2D eigenvalue weighted by Crippen LogP contribution is -2.62. The van der Waals surface area contributed by atoms with Gasteiger partial charge >= 0.3 is 12.4 Å². The van der Waals surface area contributed by atoms with Crippen molar-refractivity contribution in [2.24, 2.45) is 0 Å². The summed E-state index contributed by atoms with van der Waals surface area (Å²) in [6.07, 6.45) is -11.3. The molecule has 116 valence electrons. The van der Waals surface area contributed by atoms with Crippen LogP contribution in [0, 0.1) is 0 Å². The second kappa shape index (κ2) is 4.82. The van der Waals surface area contributed by atoms with Crippen molar-refractivity contribution >= 4 is 17.7 Å². The van der Waals surface area contributed by atoms with Crippen LogP contribution in [-0.4, -0.2) is 35.1 Å². The lowest BCUT2D eigenvalue weighted by molar-refractivity contribution is -0.294. The van der Waals surface area contributed by atoms with Crippen LogP contribution in [-0.2, 0) is 4.79 Å². The van der Waals surface area contributed by atoms with Crippen LogP contribution in [0.1, 0.15) is 10.8 Å². The van der Waals surface area contributed by atoms with Crippen molar-refractivity contribution in [3.63, 3.8) is 0 Å². The highest BCUT2D eigenvalue weighted by molar-refractivity contribution is 8.02. The Morgan fingerprint density at radius 3 is 1.90 bits per heavy atom. The van der Waals surface area contributed by atoms with Crippen LogP contribution in [0.25, 0.3) is 0 Å². The van der Waals surface area contributed by atoms with Gasteiger partial charge in [0.25, 0.3) is 4.87 Å². The van der Waals surface area contributed by atoms with E-state index in [4.69, 9.17) is 0 Å². The summed E-state index contributed by atoms with van der Waals surface area (Å²) in [6, 6.07) is 7.10. The molecule has 0 saturated carbocycles. The second-order valence-corrected chi connectivity index (χ2v) is 5.74. The third-order valence-electron chi connectivity index (χ3n) is 3.19. The van der Waals surface area contributed by atoms with E-state index < -0.39 is 40.1 Å². The zero-order chi connectivity index (χ0) is 16.1. The smallest absolute Gasteiger partial charge is 0.314 e. The lowest BCUT2D eigenvalue weighted by atomic mass is 10.1. The maximum absolute atomic E-state index is 13.1. The topological polar surface area (TPSA) is 20.3 Å². The van der Waals surface area contributed by atoms with Gasteiger partial charge in [-0.2, -0.15) is 26.3 Å². The molecule has 1 unspecified atom stereocenters. The van der Waals surface area contributed by atoms with E-state index in [2.05, 4.69) is 0 Å². The average Bonchev–Trinajstić information content (AvgIpc) is 2.64. The van der Waals surface area contributed by atoms with Gasteiger partial charge in [0.15, 0.2) is 0 Å². The van der Waals surface area contributed by atoms with Gasteiger partial charge in [0.1, 0.15) is 5.25 Å². The third kappa shape index (κ3) is 2.27. The van der Waals surface area contributed by atoms with Gasteiger partial charge < -0.3 is 4.90 Å². The van der Waals surface area contributed by atoms with Gasteiger partial charge in [-0.3, -0.25) is 4.79 Å². The third-order valence-corrected chi connectivity index (χ3v) is 4.97. The van der Waals surface area contributed by atoms with E-state index in [-0.39, 0.29) is 10.5 Å². The highest BCUT2D eigenvalue weighted by Gasteiger charge is 2.78. The molecule has 1 heterocycles. The number of hydrogen-bond donors (Lipinski definition) is 0. The number of amides is 1. The predicted molar refractivity (Wildman–Crippen MR) is 64.4 cm³/mol. The lowest BCUT2D eigenvalue weighted by Gasteiger charge is -2.37. The van der Waals surface area contributed by atoms with Crippen LogP contribution < -0.4 is 0 Å². The van der Waals surface area contributed by atoms with E-state index in [1.54, 1.807) is 6.07 Å². The Morgan fingerprint density at radius 2 is 1.52 bits per heavy atom. The molecule has 1 aliphatic heterocycles. The van der Waals surface area contributed by atoms with Crippen molar-refractivity contribution < 1.29 is 31.1 Å². The van der Waals surface area contributed by atoms with Gasteiger partial charge in [-0.05, 0) is 5.56 Å². The molecule has 1 fully saturated rings. The SMILES string of the molecule is CN1C(=O)C(c2ccccc2)SC1(C(F)(F)F)C(F)(F)F. The van der Waals surface area contributed by atoms with Crippen molar-refractivity contribution in [1.29, 1.82) is 0 Å². The molecule has 1 saturated heterocycles. The zero-order valence-corrected chi connectivity index (χ0v) is 11.3. The fourth-order valence-corrected chi connectivity index (χ4v) is 3.55. The first-order valence-corrected chi connectivity index (χ1v) is 6.54. The van der Waals surface area contributed by atoms with Crippen LogP contribution in [0.2, 0.25) is 0 Å². The van der Waals surface area contributed by atoms with E-state index in [0.717, 1.165) is 0 Å². The highest BCUT2D eigenvalue weighted by Crippen LogP contribution is 2.62. The molecule has 0 aromatic heterocycles. The quantitative estimate of drug-likeness (QED) is 0.732. The molecular formula is C12H9F6NOS. The number of rotatable bonds is 1. The molecular weight excluding hydrogens is 320 g/mol. The summed E-state index contributed by atoms with van der Waals surface area (Å²) in [6.45, 7) is 0. The minimum atomic E-state index is -5.64. The molecule has 2 nitrogen and oxygen atoms in total. The minimum Gasteiger partial charge on any atom is -0.314 e. The molecule has 0 bridgehead atoms. The van der Waals surface area contributed by atoms with Crippen LogP contribution in [0.5, 0.6) is 0 Å². The molecule has 1 aromatic rings. The Hall–Kier alpha value is -1.38. The zero-order valence-electron chi connectivity index (χ0n) is 10.5. The number of carbonyl (C=O) groups is 1. The Labute approximate surface area is 120 Å². The van der Waals surface area contributed by atoms with Gasteiger partial charge in [0, 0.05) is 7.05 Å². The summed E-state index contributed by atoms with van der Waals surface area (Å²) >= 11 is -0.432. The van der Waals surface area contributed by atoms with Crippen LogP contribution >= 0.6 is 11.8 Å². The van der Waals surface area contributed by atoms with Gasteiger partial charge in [-0.1, -0.05) is 42.1 Å². The fourth-order valence-electron chi connectivity index (χ4n) is 2.14. The molecule has 0 radical (unpaired) electrons. The number of alkyl halides is 6. The molecule has 9 heteroatoms. The summed E-state index contributed by atoms with van der Waals surface area (Å²) in [5.41, 5.74) is 0.106. The molecule has 1 amide bonds. The maximum Gasteiger partial charge on any atom is 0.430 e. The second-order valence-electron chi connectivity index (χ2n) is 4.45. The first-order chi connectivity index (χ1) is 9.52. The number of nitrogens with zero attached hydrogens (tertiary/aromatic N) is 1. The summed E-state index contributed by atoms with van der Waals surface area (Å²) in [5.74, 6) is -1.22. The first kappa shape index (κ1) is 16.0. The molecule has 0 N–H and O–H groups in total. The van der Waals surface area contributed by atoms with Crippen LogP contribution in [0.4, 0.5) is 26.3 Å². The van der Waals surface area contributed by atoms with E-state index in [1.165, 1.54) is 24.3 Å². The monoisotopic (exact) mass is 329 g/mol. The van der Waals surface area contributed by atoms with Crippen molar-refractivity contribution in [3.8, 4) is 0 Å². The molecule has 1 atom stereocenters. The van der Waals surface area contributed by atoms with E-state index in [1.807, 2.05) is 0 Å². The van der Waals surface area contributed by atoms with Crippen molar-refractivity contribution in [1.82, 2.24) is 4.90 Å². The number of hydrogen-bond acceptors (Lipinski definition) is 2. The molecule has 0 aliphatic carbocycles. The average molecular weight is 329 g/mol. The highest BCUT2D eigenvalue weighted by atomic mass is 32.2. The Bertz CT molecular complexity index is 527. The molecule has 1 aliphatic rings. The number of carbonyl (C=O) groups excluding carboxylic acids is 1. The van der Waals surface area contributed by atoms with E-state index >= 15 is 0 Å². The number of benzene rings is 1. The van der Waals surface area contributed by atoms with Gasteiger partial charge in [-0.15, -0.1) is 0 Å². The number of halogens is 6. The van der Waals surface area contributed by atoms with Crippen LogP contribution in [0.3, 0.4) is 0 Å². The first-order valence-electron chi connectivity index (χ1n) is 5.66. The predicted octanol–water partition coefficient (Wildman–Crippen LogP) is 3.75. The minimum absolute atomic E-state index is 0.106. The Morgan fingerprint density at radius 1 is 1.05 bits per heavy atom. The van der Waals surface area contributed by atoms with Crippen molar-refractivity contribution in [2.75, 3.05) is 7.05 Å². The van der Waals surface area contributed by atoms with Gasteiger partial charge in [0.2, 0.25) is 5.91 Å². The van der Waals surface area contributed by atoms with Crippen LogP contribution in [0.15, 0.2) is 30.3 Å². The Kier molecular flexibility index (Phi) is 3.67. The molecule has 0 spiro atoms. The normalized spacial score (nSPS) is 22.7. The summed E-state index contributed by atoms with van der Waals surface area (Å²) in [5, 5.41) is -1.54. The van der Waals surface area contributed by atoms with E-state index in [0.29, 0.717) is 7.05 Å². The fraction of sp³-hybridized carbons (Fsp3) is 0.417. The largest absolute Gasteiger partial charge is 0.430 e. The maximum atomic E-state index is 13.1. The van der Waals surface area contributed by atoms with Gasteiger partial charge in [0.05, 0.1) is 0 Å². The van der Waals surface area contributed by atoms with Crippen molar-refractivity contribution in [2.45, 2.75) is 22.5 Å². The van der Waals surface area contributed by atoms with E-state index in [9.17, 15) is 31.1 Å². The number of likely N-dealkylation sites (N-methyl/N-ethyl adjacent to an activating group) is 1. The standard InChI is InChI=1S/C12H9F6NOS/c1-19-9(20)8(7-5-3-2-4-6-7)21-10(19,11(13,14)15)12(16,17)18/h2-6,8H,1H3. The summed E-state index contributed by atoms with van der Waals surface area (Å²) < 4.78 is 78.5. The summed E-state index contributed by atoms with van der Waals surface area (Å²) in [4.78, 5) is 7.44. The molecule has 1 aromatic carbocycles. The van der Waals surface area contributed by atoms with Crippen molar-refractivity contribution in [3.05, 3.63) is 35.9 Å². The molecule has 2 rings (SSSR count). The van der Waals surface area contributed by atoms with Gasteiger partial charge in [-0.25, -0.2) is 0 Å².